The summed E-state index contributed by atoms with van der Waals surface area (Å²) < 4.78 is 0. The highest BCUT2D eigenvalue weighted by Gasteiger charge is 2.34. The number of nitrogens with two attached hydrogens (primary N) is 2. The number of nitrogen functional groups attached to an aromatic ring is 2. The van der Waals surface area contributed by atoms with Crippen molar-refractivity contribution in [1.29, 1.82) is 0 Å². The average molecular weight is 319 g/mol. The first kappa shape index (κ1) is 15.1. The Kier molecular flexibility index (Phi) is 4.52. The average Bonchev–Trinajstić information content (AvgIpc) is 3.30. The SMILES string of the molecule is Nc1cc(N)nc(SCC(=O)N(C2=CCCCC2)C2CC2)n1. The van der Waals surface area contributed by atoms with Gasteiger partial charge in [0.25, 0.3) is 0 Å². The summed E-state index contributed by atoms with van der Waals surface area (Å²) in [6.07, 6.45) is 8.92. The Morgan fingerprint density at radius 3 is 2.59 bits per heavy atom. The molecule has 22 heavy (non-hydrogen) atoms. The molecular formula is C15H21N5OS. The minimum absolute atomic E-state index is 0.130. The molecule has 0 unspecified atom stereocenters. The fourth-order valence-electron chi connectivity index (χ4n) is 2.69. The van der Waals surface area contributed by atoms with E-state index in [1.54, 1.807) is 0 Å². The molecule has 1 aromatic rings. The molecule has 0 aromatic carbocycles. The van der Waals surface area contributed by atoms with E-state index in [1.807, 2.05) is 4.90 Å². The maximum Gasteiger partial charge on any atom is 0.237 e. The van der Waals surface area contributed by atoms with Gasteiger partial charge >= 0.3 is 0 Å². The second-order valence-electron chi connectivity index (χ2n) is 5.73. The minimum atomic E-state index is 0.130. The second-order valence-corrected chi connectivity index (χ2v) is 6.67. The molecule has 0 saturated heterocycles. The first-order valence-electron chi connectivity index (χ1n) is 7.67. The molecular weight excluding hydrogens is 298 g/mol. The van der Waals surface area contributed by atoms with Gasteiger partial charge in [0.15, 0.2) is 5.16 Å². The van der Waals surface area contributed by atoms with Crippen molar-refractivity contribution in [3.8, 4) is 0 Å². The lowest BCUT2D eigenvalue weighted by molar-refractivity contribution is -0.127. The van der Waals surface area contributed by atoms with Crippen LogP contribution in [0.4, 0.5) is 11.6 Å². The van der Waals surface area contributed by atoms with Gasteiger partial charge in [0.05, 0.1) is 5.75 Å². The van der Waals surface area contributed by atoms with Crippen molar-refractivity contribution in [2.45, 2.75) is 49.7 Å². The highest BCUT2D eigenvalue weighted by Crippen LogP contribution is 2.34. The molecule has 1 fully saturated rings. The Morgan fingerprint density at radius 1 is 1.27 bits per heavy atom. The molecule has 0 spiro atoms. The predicted octanol–water partition coefficient (Wildman–Crippen LogP) is 2.18. The van der Waals surface area contributed by atoms with Gasteiger partial charge in [0.2, 0.25) is 5.91 Å². The van der Waals surface area contributed by atoms with Crippen LogP contribution in [0, 0.1) is 0 Å². The van der Waals surface area contributed by atoms with Crippen molar-refractivity contribution in [1.82, 2.24) is 14.9 Å². The van der Waals surface area contributed by atoms with Crippen LogP contribution in [0.5, 0.6) is 0 Å². The number of carbonyl (C=O) groups excluding carboxylic acids is 1. The summed E-state index contributed by atoms with van der Waals surface area (Å²) in [6, 6.07) is 1.90. The molecule has 7 heteroatoms. The van der Waals surface area contributed by atoms with Crippen LogP contribution in [0.1, 0.15) is 38.5 Å². The third-order valence-corrected chi connectivity index (χ3v) is 4.66. The Morgan fingerprint density at radius 2 is 2.00 bits per heavy atom. The van der Waals surface area contributed by atoms with E-state index in [9.17, 15) is 4.79 Å². The summed E-state index contributed by atoms with van der Waals surface area (Å²) in [4.78, 5) is 22.8. The van der Waals surface area contributed by atoms with Gasteiger partial charge in [-0.05, 0) is 38.5 Å². The lowest BCUT2D eigenvalue weighted by Gasteiger charge is -2.27. The number of rotatable bonds is 5. The summed E-state index contributed by atoms with van der Waals surface area (Å²) in [5.41, 5.74) is 12.5. The zero-order valence-corrected chi connectivity index (χ0v) is 13.3. The Bertz CT molecular complexity index is 579. The summed E-state index contributed by atoms with van der Waals surface area (Å²) >= 11 is 1.29. The molecule has 1 saturated carbocycles. The molecule has 1 heterocycles. The highest BCUT2D eigenvalue weighted by atomic mass is 32.2. The van der Waals surface area contributed by atoms with Crippen LogP contribution in [0.3, 0.4) is 0 Å². The van der Waals surface area contributed by atoms with Crippen LogP contribution in [-0.2, 0) is 4.79 Å². The Balaban J connectivity index is 1.65. The predicted molar refractivity (Wildman–Crippen MR) is 88.0 cm³/mol. The number of aromatic nitrogens is 2. The molecule has 3 rings (SSSR count). The van der Waals surface area contributed by atoms with Gasteiger partial charge in [-0.15, -0.1) is 0 Å². The number of allylic oxidation sites excluding steroid dienone is 2. The number of anilines is 2. The highest BCUT2D eigenvalue weighted by molar-refractivity contribution is 7.99. The number of carbonyl (C=O) groups is 1. The fourth-order valence-corrected chi connectivity index (χ4v) is 3.42. The Labute approximate surface area is 134 Å². The van der Waals surface area contributed by atoms with Gasteiger partial charge in [0, 0.05) is 17.8 Å². The second kappa shape index (κ2) is 6.56. The largest absolute Gasteiger partial charge is 0.383 e. The van der Waals surface area contributed by atoms with Crippen molar-refractivity contribution in [2.75, 3.05) is 17.2 Å². The molecule has 6 nitrogen and oxygen atoms in total. The molecule has 2 aliphatic rings. The zero-order valence-electron chi connectivity index (χ0n) is 12.5. The number of hydrogen-bond donors (Lipinski definition) is 2. The van der Waals surface area contributed by atoms with E-state index in [1.165, 1.54) is 36.4 Å². The number of thioether (sulfide) groups is 1. The Hall–Kier alpha value is -1.76. The topological polar surface area (TPSA) is 98.1 Å². The molecule has 2 aliphatic carbocycles. The van der Waals surface area contributed by atoms with Crippen LogP contribution < -0.4 is 11.5 Å². The first-order valence-corrected chi connectivity index (χ1v) is 8.66. The van der Waals surface area contributed by atoms with E-state index in [0.717, 1.165) is 25.7 Å². The third kappa shape index (κ3) is 3.71. The van der Waals surface area contributed by atoms with Crippen LogP contribution in [0.25, 0.3) is 0 Å². The van der Waals surface area contributed by atoms with E-state index in [0.29, 0.717) is 28.6 Å². The van der Waals surface area contributed by atoms with Crippen LogP contribution in [-0.4, -0.2) is 32.6 Å². The van der Waals surface area contributed by atoms with Crippen LogP contribution in [0.15, 0.2) is 23.0 Å². The van der Waals surface area contributed by atoms with Crippen molar-refractivity contribution in [3.05, 3.63) is 17.8 Å². The minimum Gasteiger partial charge on any atom is -0.383 e. The summed E-state index contributed by atoms with van der Waals surface area (Å²) in [6.45, 7) is 0. The molecule has 1 amide bonds. The number of nitrogens with zero attached hydrogens (tertiary/aromatic N) is 3. The monoisotopic (exact) mass is 319 g/mol. The van der Waals surface area contributed by atoms with E-state index < -0.39 is 0 Å². The van der Waals surface area contributed by atoms with Crippen molar-refractivity contribution in [3.63, 3.8) is 0 Å². The van der Waals surface area contributed by atoms with Gasteiger partial charge in [-0.1, -0.05) is 17.8 Å². The molecule has 118 valence electrons. The van der Waals surface area contributed by atoms with E-state index in [4.69, 9.17) is 11.5 Å². The normalized spacial score (nSPS) is 17.9. The molecule has 0 atom stereocenters. The maximum atomic E-state index is 12.6. The fraction of sp³-hybridized carbons (Fsp3) is 0.533. The van der Waals surface area contributed by atoms with Gasteiger partial charge < -0.3 is 16.4 Å². The lowest BCUT2D eigenvalue weighted by Crippen LogP contribution is -2.34. The van der Waals surface area contributed by atoms with Crippen LogP contribution >= 0.6 is 11.8 Å². The molecule has 4 N–H and O–H groups in total. The van der Waals surface area contributed by atoms with Gasteiger partial charge in [-0.3, -0.25) is 4.79 Å². The zero-order chi connectivity index (χ0) is 15.5. The maximum absolute atomic E-state index is 12.6. The van der Waals surface area contributed by atoms with E-state index >= 15 is 0 Å². The van der Waals surface area contributed by atoms with Crippen molar-refractivity contribution >= 4 is 29.3 Å². The summed E-state index contributed by atoms with van der Waals surface area (Å²) in [5.74, 6) is 1.11. The number of hydrogen-bond acceptors (Lipinski definition) is 6. The molecule has 1 aromatic heterocycles. The standard InChI is InChI=1S/C15H21N5OS/c16-12-8-13(17)19-15(18-12)22-9-14(21)20(11-6-7-11)10-4-2-1-3-5-10/h4,8,11H,1-3,5-7,9H2,(H4,16,17,18,19). The van der Waals surface area contributed by atoms with Gasteiger partial charge in [-0.25, -0.2) is 9.97 Å². The van der Waals surface area contributed by atoms with Crippen molar-refractivity contribution in [2.24, 2.45) is 0 Å². The first-order chi connectivity index (χ1) is 10.6. The summed E-state index contributed by atoms with van der Waals surface area (Å²) in [7, 11) is 0. The smallest absolute Gasteiger partial charge is 0.237 e. The van der Waals surface area contributed by atoms with E-state index in [2.05, 4.69) is 16.0 Å². The quantitative estimate of drug-likeness (QED) is 0.637. The van der Waals surface area contributed by atoms with Crippen molar-refractivity contribution < 1.29 is 4.79 Å². The molecule has 0 aliphatic heterocycles. The molecule has 0 bridgehead atoms. The van der Waals surface area contributed by atoms with E-state index in [-0.39, 0.29) is 5.91 Å². The summed E-state index contributed by atoms with van der Waals surface area (Å²) in [5, 5.41) is 0.458. The number of amides is 1. The third-order valence-electron chi connectivity index (χ3n) is 3.83. The van der Waals surface area contributed by atoms with Gasteiger partial charge in [0.1, 0.15) is 11.6 Å². The van der Waals surface area contributed by atoms with Crippen LogP contribution in [0.2, 0.25) is 0 Å². The lowest BCUT2D eigenvalue weighted by atomic mass is 10.0. The van der Waals surface area contributed by atoms with Gasteiger partial charge in [-0.2, -0.15) is 0 Å². The molecule has 0 radical (unpaired) electrons.